The van der Waals surface area contributed by atoms with Crippen molar-refractivity contribution >= 4 is 17.9 Å². The van der Waals surface area contributed by atoms with Gasteiger partial charge in [-0.2, -0.15) is 0 Å². The summed E-state index contributed by atoms with van der Waals surface area (Å²) in [4.78, 5) is 38.3. The first kappa shape index (κ1) is 19.9. The molecule has 12 atom stereocenters. The highest BCUT2D eigenvalue weighted by atomic mass is 16.8. The van der Waals surface area contributed by atoms with Crippen molar-refractivity contribution < 1.29 is 53.8 Å². The Balaban J connectivity index is 1.75. The Morgan fingerprint density at radius 3 is 2.19 bits per heavy atom. The minimum absolute atomic E-state index is 0.792. The van der Waals surface area contributed by atoms with Crippen LogP contribution in [0.25, 0.3) is 0 Å². The molecule has 6 aliphatic rings. The van der Waals surface area contributed by atoms with E-state index >= 15 is 0 Å². The van der Waals surface area contributed by atoms with E-state index in [1.165, 1.54) is 6.92 Å². The smallest absolute Gasteiger partial charge is 0.343 e. The predicted octanol–water partition coefficient (Wildman–Crippen LogP) is -2.40. The van der Waals surface area contributed by atoms with Gasteiger partial charge in [0, 0.05) is 5.92 Å². The molecule has 4 aliphatic heterocycles. The normalized spacial score (nSPS) is 61.0. The third-order valence-electron chi connectivity index (χ3n) is 8.95. The van der Waals surface area contributed by atoms with Crippen LogP contribution in [0.15, 0.2) is 0 Å². The summed E-state index contributed by atoms with van der Waals surface area (Å²) in [6.07, 6.45) is -9.69. The number of hydrogen-bond acceptors (Lipinski definition) is 11. The molecule has 6 fully saturated rings. The molecule has 31 heavy (non-hydrogen) atoms. The summed E-state index contributed by atoms with van der Waals surface area (Å²) in [6, 6.07) is 0. The second-order valence-corrected chi connectivity index (χ2v) is 10.8. The maximum Gasteiger partial charge on any atom is 0.343 e. The summed E-state index contributed by atoms with van der Waals surface area (Å²) in [5, 5.41) is 46.1. The van der Waals surface area contributed by atoms with Crippen LogP contribution in [-0.4, -0.2) is 86.3 Å². The molecule has 0 amide bonds. The van der Waals surface area contributed by atoms with Crippen LogP contribution in [0.5, 0.6) is 0 Å². The van der Waals surface area contributed by atoms with Gasteiger partial charge in [-0.15, -0.1) is 0 Å². The monoisotopic (exact) mass is 440 g/mol. The molecule has 0 aromatic rings. The third-order valence-corrected chi connectivity index (χ3v) is 8.95. The highest BCUT2D eigenvalue weighted by molar-refractivity contribution is 5.94. The Morgan fingerprint density at radius 2 is 1.58 bits per heavy atom. The van der Waals surface area contributed by atoms with E-state index in [1.807, 2.05) is 0 Å². The molecule has 4 N–H and O–H groups in total. The van der Waals surface area contributed by atoms with E-state index in [0.29, 0.717) is 0 Å². The molecule has 0 unspecified atom stereocenters. The van der Waals surface area contributed by atoms with Crippen LogP contribution in [0.4, 0.5) is 0 Å². The van der Waals surface area contributed by atoms with Crippen LogP contribution in [0, 0.1) is 28.1 Å². The number of rotatable bonds is 0. The number of esters is 3. The first-order valence-electron chi connectivity index (χ1n) is 10.3. The Kier molecular flexibility index (Phi) is 3.15. The van der Waals surface area contributed by atoms with Crippen LogP contribution >= 0.6 is 0 Å². The van der Waals surface area contributed by atoms with Crippen LogP contribution in [0.2, 0.25) is 0 Å². The fraction of sp³-hybridized carbons (Fsp3) is 0.850. The SMILES string of the molecule is C[C@H]1C(=O)O[C@@H]2[C@@H](O)[C@]34[C@H]5OC(=O)[C@]3(O[C@H]3OC(=O)[C@@H](O)[C@]34[C@@H](C(C)(C)C)[C@@H]5O)[C@@]21O. The summed E-state index contributed by atoms with van der Waals surface area (Å²) in [6.45, 7) is 6.63. The van der Waals surface area contributed by atoms with Crippen LogP contribution in [0.1, 0.15) is 27.7 Å². The Labute approximate surface area is 176 Å². The average Bonchev–Trinajstić information content (AvgIpc) is 3.35. The lowest BCUT2D eigenvalue weighted by molar-refractivity contribution is -0.240. The second kappa shape index (κ2) is 4.91. The van der Waals surface area contributed by atoms with Gasteiger partial charge in [0.15, 0.2) is 17.8 Å². The van der Waals surface area contributed by atoms with Gasteiger partial charge < -0.3 is 39.4 Å². The Bertz CT molecular complexity index is 957. The van der Waals surface area contributed by atoms with Crippen molar-refractivity contribution in [3.05, 3.63) is 0 Å². The standard InChI is InChI=1S/C20H24O11/c1-5-12(24)28-11-8(22)18-10-6(21)7(16(2,3)4)17(18)9(23)13(25)30-15(17)31-20(18,14(26)29-10)19(5,11)27/h5-11,15,21-23,27H,1-4H3/t5-,6-,7+,8+,9+,10-,11+,15+,17+,18+,19-,20+/m0/s1. The van der Waals surface area contributed by atoms with Gasteiger partial charge in [-0.25, -0.2) is 9.59 Å². The molecular formula is C20H24O11. The number of carbonyl (C=O) groups excluding carboxylic acids is 3. The van der Waals surface area contributed by atoms with E-state index in [0.717, 1.165) is 0 Å². The van der Waals surface area contributed by atoms with Gasteiger partial charge in [0.25, 0.3) is 0 Å². The topological polar surface area (TPSA) is 169 Å². The lowest BCUT2D eigenvalue weighted by Gasteiger charge is -2.47. The molecule has 4 heterocycles. The molecule has 2 saturated carbocycles. The van der Waals surface area contributed by atoms with Gasteiger partial charge in [0.1, 0.15) is 12.2 Å². The summed E-state index contributed by atoms with van der Waals surface area (Å²) < 4.78 is 22.2. The summed E-state index contributed by atoms with van der Waals surface area (Å²) in [5.41, 5.74) is -9.40. The molecule has 2 aliphatic carbocycles. The minimum Gasteiger partial charge on any atom is -0.456 e. The second-order valence-electron chi connectivity index (χ2n) is 10.8. The van der Waals surface area contributed by atoms with Crippen molar-refractivity contribution in [2.45, 2.75) is 75.7 Å². The zero-order valence-electron chi connectivity index (χ0n) is 17.3. The minimum atomic E-state index is -2.40. The zero-order valence-corrected chi connectivity index (χ0v) is 17.3. The molecule has 11 nitrogen and oxygen atoms in total. The highest BCUT2D eigenvalue weighted by Gasteiger charge is 3.05. The molecule has 6 rings (SSSR count). The maximum atomic E-state index is 13.4. The number of aliphatic hydroxyl groups is 4. The van der Waals surface area contributed by atoms with E-state index in [9.17, 15) is 34.8 Å². The lowest BCUT2D eigenvalue weighted by atomic mass is 9.51. The summed E-state index contributed by atoms with van der Waals surface area (Å²) in [5.74, 6) is -5.22. The van der Waals surface area contributed by atoms with Crippen molar-refractivity contribution in [2.75, 3.05) is 0 Å². The molecule has 0 radical (unpaired) electrons. The van der Waals surface area contributed by atoms with E-state index in [1.54, 1.807) is 20.8 Å². The maximum absolute atomic E-state index is 13.4. The summed E-state index contributed by atoms with van der Waals surface area (Å²) in [7, 11) is 0. The predicted molar refractivity (Wildman–Crippen MR) is 93.4 cm³/mol. The molecule has 0 bridgehead atoms. The van der Waals surface area contributed by atoms with Crippen molar-refractivity contribution in [3.8, 4) is 0 Å². The van der Waals surface area contributed by atoms with Gasteiger partial charge in [-0.1, -0.05) is 20.8 Å². The van der Waals surface area contributed by atoms with Gasteiger partial charge in [0.05, 0.1) is 22.9 Å². The van der Waals surface area contributed by atoms with E-state index in [4.69, 9.17) is 18.9 Å². The van der Waals surface area contributed by atoms with Crippen molar-refractivity contribution in [1.82, 2.24) is 0 Å². The third kappa shape index (κ3) is 1.43. The molecule has 4 saturated heterocycles. The average molecular weight is 440 g/mol. The first-order valence-corrected chi connectivity index (χ1v) is 10.3. The van der Waals surface area contributed by atoms with Crippen LogP contribution < -0.4 is 0 Å². The molecule has 11 heteroatoms. The summed E-state index contributed by atoms with van der Waals surface area (Å²) >= 11 is 0. The first-order chi connectivity index (χ1) is 14.3. The fourth-order valence-electron chi connectivity index (χ4n) is 8.27. The highest BCUT2D eigenvalue weighted by Crippen LogP contribution is 2.84. The number of carbonyl (C=O) groups is 3. The zero-order chi connectivity index (χ0) is 22.7. The van der Waals surface area contributed by atoms with Gasteiger partial charge >= 0.3 is 17.9 Å². The van der Waals surface area contributed by atoms with Gasteiger partial charge in [0.2, 0.25) is 11.9 Å². The van der Waals surface area contributed by atoms with Gasteiger partial charge in [-0.3, -0.25) is 4.79 Å². The lowest BCUT2D eigenvalue weighted by Crippen LogP contribution is -2.67. The number of hydrogen-bond donors (Lipinski definition) is 4. The largest absolute Gasteiger partial charge is 0.456 e. The number of aliphatic hydroxyl groups excluding tert-OH is 3. The molecular weight excluding hydrogens is 416 g/mol. The Hall–Kier alpha value is -1.79. The van der Waals surface area contributed by atoms with Crippen molar-refractivity contribution in [1.29, 1.82) is 0 Å². The van der Waals surface area contributed by atoms with E-state index in [2.05, 4.69) is 0 Å². The molecule has 2 spiro atoms. The quantitative estimate of drug-likeness (QED) is 0.234. The molecule has 0 aromatic carbocycles. The van der Waals surface area contributed by atoms with Gasteiger partial charge in [-0.05, 0) is 12.3 Å². The van der Waals surface area contributed by atoms with E-state index < -0.39 is 94.0 Å². The van der Waals surface area contributed by atoms with Crippen molar-refractivity contribution in [2.24, 2.45) is 28.1 Å². The Morgan fingerprint density at radius 1 is 0.935 bits per heavy atom. The van der Waals surface area contributed by atoms with E-state index in [-0.39, 0.29) is 0 Å². The molecule has 0 aromatic heterocycles. The molecule has 170 valence electrons. The number of ether oxygens (including phenoxy) is 4. The van der Waals surface area contributed by atoms with Crippen molar-refractivity contribution in [3.63, 3.8) is 0 Å². The van der Waals surface area contributed by atoms with Crippen LogP contribution in [0.3, 0.4) is 0 Å². The van der Waals surface area contributed by atoms with Crippen LogP contribution in [-0.2, 0) is 33.3 Å². The number of fused-ring (bicyclic) bond motifs is 1. The fourth-order valence-corrected chi connectivity index (χ4v) is 8.27.